The minimum absolute atomic E-state index is 0.0149. The number of carbonyl (C=O) groups is 1. The molecule has 9 heteroatoms. The maximum absolute atomic E-state index is 11.9. The topological polar surface area (TPSA) is 107 Å². The predicted octanol–water partition coefficient (Wildman–Crippen LogP) is 5.39. The van der Waals surface area contributed by atoms with Crippen molar-refractivity contribution in [3.8, 4) is 17.1 Å². The highest BCUT2D eigenvalue weighted by Crippen LogP contribution is 2.31. The summed E-state index contributed by atoms with van der Waals surface area (Å²) in [7, 11) is 1.58. The molecule has 30 heavy (non-hydrogen) atoms. The first kappa shape index (κ1) is 19.5. The van der Waals surface area contributed by atoms with E-state index in [-0.39, 0.29) is 10.9 Å². The van der Waals surface area contributed by atoms with Crippen LogP contribution < -0.4 is 10.1 Å². The van der Waals surface area contributed by atoms with E-state index in [2.05, 4.69) is 10.3 Å². The van der Waals surface area contributed by atoms with Crippen molar-refractivity contribution < 1.29 is 18.9 Å². The van der Waals surface area contributed by atoms with Gasteiger partial charge in [0.25, 0.3) is 10.9 Å². The number of benzene rings is 2. The number of hydrogen-bond donors (Lipinski definition) is 1. The maximum Gasteiger partial charge on any atom is 0.289 e. The molecule has 1 aromatic heterocycles. The molecule has 0 saturated carbocycles. The van der Waals surface area contributed by atoms with Crippen LogP contribution in [0, 0.1) is 10.1 Å². The molecule has 0 bridgehead atoms. The van der Waals surface area contributed by atoms with E-state index < -0.39 is 4.92 Å². The Morgan fingerprint density at radius 1 is 1.17 bits per heavy atom. The summed E-state index contributed by atoms with van der Waals surface area (Å²) in [6.45, 7) is 0. The molecule has 0 spiro atoms. The Morgan fingerprint density at radius 3 is 2.70 bits per heavy atom. The number of carbonyl (C=O) groups excluding carboxylic acids is 1. The van der Waals surface area contributed by atoms with Gasteiger partial charge in [0.2, 0.25) is 0 Å². The van der Waals surface area contributed by atoms with Gasteiger partial charge in [0, 0.05) is 17.7 Å². The number of nitrogens with zero attached hydrogens (tertiary/aromatic N) is 2. The van der Waals surface area contributed by atoms with Crippen LogP contribution in [0.3, 0.4) is 0 Å². The first-order chi connectivity index (χ1) is 14.5. The predicted molar refractivity (Wildman–Crippen MR) is 115 cm³/mol. The van der Waals surface area contributed by atoms with Crippen LogP contribution in [0.25, 0.3) is 17.4 Å². The number of rotatable bonds is 5. The second-order valence-corrected chi connectivity index (χ2v) is 7.21. The highest BCUT2D eigenvalue weighted by Gasteiger charge is 2.24. The molecule has 0 radical (unpaired) electrons. The summed E-state index contributed by atoms with van der Waals surface area (Å²) in [6.07, 6.45) is 1.70. The number of nitro groups is 1. The minimum atomic E-state index is -0.455. The van der Waals surface area contributed by atoms with Crippen molar-refractivity contribution in [2.24, 2.45) is 4.99 Å². The van der Waals surface area contributed by atoms with E-state index in [4.69, 9.17) is 9.15 Å². The smallest absolute Gasteiger partial charge is 0.289 e. The third-order valence-electron chi connectivity index (χ3n) is 4.21. The number of methoxy groups -OCH3 is 1. The Kier molecular flexibility index (Phi) is 5.36. The van der Waals surface area contributed by atoms with E-state index in [0.717, 1.165) is 11.8 Å². The maximum atomic E-state index is 11.9. The van der Waals surface area contributed by atoms with Gasteiger partial charge in [0.05, 0.1) is 22.6 Å². The number of thioether (sulfide) groups is 1. The molecule has 1 saturated heterocycles. The zero-order valence-electron chi connectivity index (χ0n) is 15.7. The lowest BCUT2D eigenvalue weighted by Crippen LogP contribution is -2.18. The molecular formula is C21H15N3O5S. The molecule has 150 valence electrons. The third-order valence-corrected chi connectivity index (χ3v) is 5.03. The number of hydrogen-bond acceptors (Lipinski definition) is 7. The number of aliphatic imine (C=N–C) groups is 1. The first-order valence-corrected chi connectivity index (χ1v) is 9.62. The van der Waals surface area contributed by atoms with Gasteiger partial charge >= 0.3 is 0 Å². The Hall–Kier alpha value is -3.85. The molecule has 4 rings (SSSR count). The lowest BCUT2D eigenvalue weighted by Gasteiger charge is -2.01. The summed E-state index contributed by atoms with van der Waals surface area (Å²) < 4.78 is 10.9. The van der Waals surface area contributed by atoms with Gasteiger partial charge in [-0.25, -0.2) is 4.99 Å². The molecule has 1 aliphatic heterocycles. The van der Waals surface area contributed by atoms with E-state index in [1.165, 1.54) is 12.1 Å². The van der Waals surface area contributed by atoms with Crippen molar-refractivity contribution >= 4 is 40.3 Å². The zero-order chi connectivity index (χ0) is 21.1. The highest BCUT2D eigenvalue weighted by molar-refractivity contribution is 8.18. The number of amidine groups is 1. The molecule has 0 unspecified atom stereocenters. The van der Waals surface area contributed by atoms with E-state index >= 15 is 0 Å². The third kappa shape index (κ3) is 4.26. The lowest BCUT2D eigenvalue weighted by molar-refractivity contribution is -0.384. The molecule has 2 heterocycles. The van der Waals surface area contributed by atoms with Crippen molar-refractivity contribution in [3.05, 3.63) is 81.4 Å². The Labute approximate surface area is 175 Å². The van der Waals surface area contributed by atoms with Crippen LogP contribution in [-0.4, -0.2) is 23.1 Å². The molecule has 1 N–H and O–H groups in total. The number of non-ortho nitro benzene ring substituents is 1. The van der Waals surface area contributed by atoms with Crippen molar-refractivity contribution in [1.82, 2.24) is 5.32 Å². The largest absolute Gasteiger partial charge is 0.497 e. The second kappa shape index (κ2) is 8.26. The fourth-order valence-corrected chi connectivity index (χ4v) is 3.50. The number of furan rings is 1. The van der Waals surface area contributed by atoms with Gasteiger partial charge in [0.15, 0.2) is 0 Å². The van der Waals surface area contributed by atoms with Crippen molar-refractivity contribution in [2.45, 2.75) is 0 Å². The zero-order valence-corrected chi connectivity index (χ0v) is 16.5. The van der Waals surface area contributed by atoms with E-state index in [1.807, 2.05) is 0 Å². The van der Waals surface area contributed by atoms with Gasteiger partial charge in [-0.15, -0.1) is 0 Å². The molecule has 8 nitrogen and oxygen atoms in total. The molecule has 0 atom stereocenters. The van der Waals surface area contributed by atoms with Crippen molar-refractivity contribution in [2.75, 3.05) is 7.11 Å². The van der Waals surface area contributed by atoms with Crippen LogP contribution in [0.2, 0.25) is 0 Å². The van der Waals surface area contributed by atoms with Gasteiger partial charge < -0.3 is 14.5 Å². The summed E-state index contributed by atoms with van der Waals surface area (Å²) in [5, 5.41) is 13.5. The van der Waals surface area contributed by atoms with Crippen LogP contribution in [0.1, 0.15) is 5.76 Å². The quantitative estimate of drug-likeness (QED) is 0.437. The summed E-state index contributed by atoms with van der Waals surface area (Å²) in [4.78, 5) is 27.5. The number of nitro benzene ring substituents is 1. The molecular weight excluding hydrogens is 406 g/mol. The molecule has 2 aromatic carbocycles. The van der Waals surface area contributed by atoms with Gasteiger partial charge in [-0.3, -0.25) is 14.9 Å². The fraction of sp³-hybridized carbons (Fsp3) is 0.0476. The van der Waals surface area contributed by atoms with Crippen LogP contribution in [0.5, 0.6) is 5.75 Å². The molecule has 1 amide bonds. The average molecular weight is 421 g/mol. The van der Waals surface area contributed by atoms with Gasteiger partial charge in [-0.05, 0) is 54.2 Å². The summed E-state index contributed by atoms with van der Waals surface area (Å²) >= 11 is 1.01. The van der Waals surface area contributed by atoms with Gasteiger partial charge in [0.1, 0.15) is 23.1 Å². The fourth-order valence-electron chi connectivity index (χ4n) is 2.79. The highest BCUT2D eigenvalue weighted by atomic mass is 32.2. The van der Waals surface area contributed by atoms with Crippen LogP contribution >= 0.6 is 11.8 Å². The van der Waals surface area contributed by atoms with E-state index in [1.54, 1.807) is 61.7 Å². The monoisotopic (exact) mass is 421 g/mol. The number of amides is 1. The number of ether oxygens (including phenoxy) is 1. The van der Waals surface area contributed by atoms with Crippen LogP contribution in [0.15, 0.2) is 75.0 Å². The molecule has 1 aliphatic rings. The SMILES string of the molecule is COc1ccc(N=C2NC(=O)SC2=Cc2ccc(-c3cccc([N+](=O)[O-])c3)o2)cc1. The van der Waals surface area contributed by atoms with Crippen molar-refractivity contribution in [3.63, 3.8) is 0 Å². The minimum Gasteiger partial charge on any atom is -0.497 e. The van der Waals surface area contributed by atoms with Crippen LogP contribution in [-0.2, 0) is 0 Å². The molecule has 1 fully saturated rings. The molecule has 0 aliphatic carbocycles. The molecule has 3 aromatic rings. The Morgan fingerprint density at radius 2 is 1.97 bits per heavy atom. The van der Waals surface area contributed by atoms with Gasteiger partial charge in [-0.1, -0.05) is 12.1 Å². The van der Waals surface area contributed by atoms with Crippen molar-refractivity contribution in [1.29, 1.82) is 0 Å². The standard InChI is InChI=1S/C21H15N3O5S/c1-28-16-7-5-14(6-8-16)22-20-19(30-21(25)23-20)12-17-9-10-18(29-17)13-3-2-4-15(11-13)24(26)27/h2-12H,1H3,(H,22,23,25). The Balaban J connectivity index is 1.61. The first-order valence-electron chi connectivity index (χ1n) is 8.80. The van der Waals surface area contributed by atoms with Crippen LogP contribution in [0.4, 0.5) is 16.2 Å². The normalized spacial score (nSPS) is 16.1. The summed E-state index contributed by atoms with van der Waals surface area (Å²) in [5.74, 6) is 2.12. The Bertz CT molecular complexity index is 1180. The summed E-state index contributed by atoms with van der Waals surface area (Å²) in [6, 6.07) is 16.8. The van der Waals surface area contributed by atoms with E-state index in [9.17, 15) is 14.9 Å². The summed E-state index contributed by atoms with van der Waals surface area (Å²) in [5.41, 5.74) is 1.24. The average Bonchev–Trinajstić information content (AvgIpc) is 3.35. The number of nitrogens with one attached hydrogen (secondary N) is 1. The van der Waals surface area contributed by atoms with E-state index in [0.29, 0.717) is 39.3 Å². The second-order valence-electron chi connectivity index (χ2n) is 6.19. The lowest BCUT2D eigenvalue weighted by atomic mass is 10.1. The van der Waals surface area contributed by atoms with Gasteiger partial charge in [-0.2, -0.15) is 0 Å².